The number of aromatic amines is 1. The molecule has 4 heteroatoms. The number of aromatic nitrogens is 2. The Bertz CT molecular complexity index is 678. The number of H-pyrrole nitrogens is 1. The van der Waals surface area contributed by atoms with Crippen molar-refractivity contribution >= 4 is 17.0 Å². The molecule has 0 fully saturated rings. The van der Waals surface area contributed by atoms with E-state index < -0.39 is 5.97 Å². The van der Waals surface area contributed by atoms with Crippen LogP contribution in [0.1, 0.15) is 107 Å². The summed E-state index contributed by atoms with van der Waals surface area (Å²) in [5.41, 5.74) is 1.80. The van der Waals surface area contributed by atoms with Crippen LogP contribution >= 0.6 is 0 Å². The van der Waals surface area contributed by atoms with E-state index in [9.17, 15) is 9.90 Å². The molecule has 0 saturated heterocycles. The lowest BCUT2D eigenvalue weighted by Gasteiger charge is -2.02. The first-order valence-electron chi connectivity index (χ1n) is 10.9. The molecule has 0 aliphatic carbocycles. The molecule has 27 heavy (non-hydrogen) atoms. The number of carbonyl (C=O) groups excluding carboxylic acids is 1. The van der Waals surface area contributed by atoms with Gasteiger partial charge >= 0.3 is 0 Å². The highest BCUT2D eigenvalue weighted by atomic mass is 16.4. The van der Waals surface area contributed by atoms with E-state index in [1.165, 1.54) is 77.0 Å². The average molecular weight is 372 g/mol. The van der Waals surface area contributed by atoms with Gasteiger partial charge in [0.15, 0.2) is 0 Å². The zero-order valence-corrected chi connectivity index (χ0v) is 16.9. The fourth-order valence-electron chi connectivity index (χ4n) is 3.62. The molecule has 1 aromatic carbocycles. The van der Waals surface area contributed by atoms with Gasteiger partial charge in [0.2, 0.25) is 0 Å². The zero-order chi connectivity index (χ0) is 19.3. The molecule has 1 N–H and O–H groups in total. The molecule has 0 aliphatic rings. The topological polar surface area (TPSA) is 68.8 Å². The number of carbonyl (C=O) groups is 1. The molecule has 0 atom stereocenters. The van der Waals surface area contributed by atoms with E-state index >= 15 is 0 Å². The summed E-state index contributed by atoms with van der Waals surface area (Å²) in [5.74, 6) is -0.201. The first-order valence-corrected chi connectivity index (χ1v) is 10.9. The Hall–Kier alpha value is -1.84. The van der Waals surface area contributed by atoms with E-state index in [-0.39, 0.29) is 5.56 Å². The van der Waals surface area contributed by atoms with Crippen molar-refractivity contribution in [2.75, 3.05) is 0 Å². The Balaban J connectivity index is 1.50. The number of imidazole rings is 1. The minimum atomic E-state index is -1.15. The van der Waals surface area contributed by atoms with Gasteiger partial charge in [0.05, 0.1) is 17.0 Å². The first-order chi connectivity index (χ1) is 13.2. The van der Waals surface area contributed by atoms with Gasteiger partial charge in [-0.3, -0.25) is 0 Å². The fraction of sp³-hybridized carbons (Fsp3) is 0.652. The third-order valence-electron chi connectivity index (χ3n) is 5.28. The number of carboxylic acid groups (broad SMARTS) is 1. The van der Waals surface area contributed by atoms with Gasteiger partial charge in [-0.15, -0.1) is 0 Å². The lowest BCUT2D eigenvalue weighted by molar-refractivity contribution is -0.255. The molecule has 2 aromatic rings. The number of unbranched alkanes of at least 4 members (excludes halogenated alkanes) is 12. The molecule has 0 saturated carbocycles. The van der Waals surface area contributed by atoms with Crippen molar-refractivity contribution in [3.8, 4) is 0 Å². The molecule has 2 rings (SSSR count). The van der Waals surface area contributed by atoms with Crippen LogP contribution in [0.15, 0.2) is 18.2 Å². The minimum Gasteiger partial charge on any atom is -0.545 e. The standard InChI is InChI=1S/C23H36N2O2/c1-2-3-4-5-6-7-8-9-10-11-12-13-14-15-22-24-20-17-16-19(23(26)27)18-21(20)25-22/h16-18H,2-15H2,1H3,(H,24,25)(H,26,27)/p-1. The maximum atomic E-state index is 10.9. The molecule has 1 aromatic heterocycles. The van der Waals surface area contributed by atoms with Crippen molar-refractivity contribution in [1.29, 1.82) is 0 Å². The van der Waals surface area contributed by atoms with Gasteiger partial charge in [0.25, 0.3) is 0 Å². The van der Waals surface area contributed by atoms with Crippen LogP contribution in [-0.2, 0) is 6.42 Å². The lowest BCUT2D eigenvalue weighted by atomic mass is 10.0. The maximum Gasteiger partial charge on any atom is 0.107 e. The largest absolute Gasteiger partial charge is 0.545 e. The zero-order valence-electron chi connectivity index (χ0n) is 16.9. The van der Waals surface area contributed by atoms with Crippen molar-refractivity contribution < 1.29 is 9.90 Å². The number of benzene rings is 1. The van der Waals surface area contributed by atoms with Crippen molar-refractivity contribution in [1.82, 2.24) is 9.97 Å². The van der Waals surface area contributed by atoms with Gasteiger partial charge in [-0.05, 0) is 24.1 Å². The summed E-state index contributed by atoms with van der Waals surface area (Å²) < 4.78 is 0. The van der Waals surface area contributed by atoms with Crippen molar-refractivity contribution in [3.63, 3.8) is 0 Å². The van der Waals surface area contributed by atoms with Crippen molar-refractivity contribution in [2.24, 2.45) is 0 Å². The van der Waals surface area contributed by atoms with E-state index in [1.54, 1.807) is 18.2 Å². The van der Waals surface area contributed by atoms with Crippen LogP contribution in [0.2, 0.25) is 0 Å². The minimum absolute atomic E-state index is 0.193. The second-order valence-corrected chi connectivity index (χ2v) is 7.70. The molecule has 0 aliphatic heterocycles. The smallest absolute Gasteiger partial charge is 0.107 e. The summed E-state index contributed by atoms with van der Waals surface area (Å²) >= 11 is 0. The van der Waals surface area contributed by atoms with E-state index in [0.29, 0.717) is 0 Å². The molecule has 150 valence electrons. The Labute approximate surface area is 163 Å². The number of carboxylic acids is 1. The molecular weight excluding hydrogens is 336 g/mol. The quantitative estimate of drug-likeness (QED) is 0.417. The second kappa shape index (κ2) is 12.5. The number of hydrogen-bond acceptors (Lipinski definition) is 3. The molecule has 0 unspecified atom stereocenters. The summed E-state index contributed by atoms with van der Waals surface area (Å²) in [7, 11) is 0. The number of nitrogens with one attached hydrogen (secondary N) is 1. The molecule has 0 radical (unpaired) electrons. The maximum absolute atomic E-state index is 10.9. The first kappa shape index (κ1) is 21.5. The van der Waals surface area contributed by atoms with Crippen LogP contribution in [-0.4, -0.2) is 15.9 Å². The summed E-state index contributed by atoms with van der Waals surface area (Å²) in [6.07, 6.45) is 18.5. The Morgan fingerprint density at radius 2 is 1.44 bits per heavy atom. The van der Waals surface area contributed by atoms with Crippen LogP contribution in [0.5, 0.6) is 0 Å². The van der Waals surface area contributed by atoms with Gasteiger partial charge in [-0.1, -0.05) is 90.0 Å². The fourth-order valence-corrected chi connectivity index (χ4v) is 3.62. The summed E-state index contributed by atoms with van der Waals surface area (Å²) in [5, 5.41) is 10.9. The SMILES string of the molecule is CCCCCCCCCCCCCCCc1nc2ccc(C(=O)[O-])cc2[nH]1. The highest BCUT2D eigenvalue weighted by molar-refractivity contribution is 5.91. The Kier molecular flexibility index (Phi) is 9.96. The molecular formula is C23H35N2O2-. The van der Waals surface area contributed by atoms with Crippen molar-refractivity contribution in [2.45, 2.75) is 96.8 Å². The number of nitrogens with zero attached hydrogens (tertiary/aromatic N) is 1. The summed E-state index contributed by atoms with van der Waals surface area (Å²) in [6.45, 7) is 2.27. The molecule has 0 bridgehead atoms. The highest BCUT2D eigenvalue weighted by Gasteiger charge is 2.04. The van der Waals surface area contributed by atoms with Crippen LogP contribution in [0.25, 0.3) is 11.0 Å². The molecule has 0 spiro atoms. The third kappa shape index (κ3) is 8.15. The van der Waals surface area contributed by atoms with Gasteiger partial charge in [-0.2, -0.15) is 0 Å². The van der Waals surface area contributed by atoms with Gasteiger partial charge in [0, 0.05) is 6.42 Å². The van der Waals surface area contributed by atoms with Crippen molar-refractivity contribution in [3.05, 3.63) is 29.6 Å². The number of hydrogen-bond donors (Lipinski definition) is 1. The molecule has 4 nitrogen and oxygen atoms in total. The van der Waals surface area contributed by atoms with E-state index in [2.05, 4.69) is 16.9 Å². The van der Waals surface area contributed by atoms with Crippen LogP contribution in [0, 0.1) is 0 Å². The van der Waals surface area contributed by atoms with Crippen LogP contribution < -0.4 is 5.11 Å². The van der Waals surface area contributed by atoms with Gasteiger partial charge in [0.1, 0.15) is 5.82 Å². The highest BCUT2D eigenvalue weighted by Crippen LogP contribution is 2.16. The molecule has 1 heterocycles. The lowest BCUT2D eigenvalue weighted by Crippen LogP contribution is -2.21. The van der Waals surface area contributed by atoms with Gasteiger partial charge in [-0.25, -0.2) is 4.98 Å². The summed E-state index contributed by atoms with van der Waals surface area (Å²) in [4.78, 5) is 18.7. The van der Waals surface area contributed by atoms with E-state index in [0.717, 1.165) is 29.7 Å². The number of fused-ring (bicyclic) bond motifs is 1. The van der Waals surface area contributed by atoms with Crippen LogP contribution in [0.3, 0.4) is 0 Å². The van der Waals surface area contributed by atoms with Crippen LogP contribution in [0.4, 0.5) is 0 Å². The Morgan fingerprint density at radius 3 is 2.00 bits per heavy atom. The second-order valence-electron chi connectivity index (χ2n) is 7.70. The monoisotopic (exact) mass is 371 g/mol. The Morgan fingerprint density at radius 1 is 0.889 bits per heavy atom. The number of aromatic carboxylic acids is 1. The van der Waals surface area contributed by atoms with Gasteiger partial charge < -0.3 is 14.9 Å². The average Bonchev–Trinajstić information content (AvgIpc) is 3.07. The number of rotatable bonds is 15. The van der Waals surface area contributed by atoms with E-state index in [1.807, 2.05) is 0 Å². The third-order valence-corrected chi connectivity index (χ3v) is 5.28. The summed E-state index contributed by atoms with van der Waals surface area (Å²) in [6, 6.07) is 4.89. The predicted octanol–water partition coefficient (Wildman–Crippen LogP) is 5.56. The van der Waals surface area contributed by atoms with E-state index in [4.69, 9.17) is 0 Å². The predicted molar refractivity (Wildman–Crippen MR) is 110 cm³/mol. The number of aryl methyl sites for hydroxylation is 1. The normalized spacial score (nSPS) is 11.3. The molecule has 0 amide bonds.